The molecule has 0 atom stereocenters. The number of ether oxygens (including phenoxy) is 1. The molecule has 0 unspecified atom stereocenters. The monoisotopic (exact) mass is 394 g/mol. The lowest BCUT2D eigenvalue weighted by molar-refractivity contribution is -0.113. The Hall–Kier alpha value is -3.31. The molecule has 28 heavy (non-hydrogen) atoms. The molecule has 0 spiro atoms. The van der Waals surface area contributed by atoms with Crippen LogP contribution >= 0.6 is 11.6 Å². The molecule has 2 amide bonds. The van der Waals surface area contributed by atoms with Crippen LogP contribution in [0.4, 0.5) is 11.4 Å². The smallest absolute Gasteiger partial charge is 0.255 e. The summed E-state index contributed by atoms with van der Waals surface area (Å²) in [7, 11) is 1.49. The molecule has 0 aliphatic carbocycles. The summed E-state index contributed by atoms with van der Waals surface area (Å²) >= 11 is 5.53. The number of hydrogen-bond donors (Lipinski definition) is 2. The van der Waals surface area contributed by atoms with Gasteiger partial charge in [-0.25, -0.2) is 0 Å². The van der Waals surface area contributed by atoms with Crippen molar-refractivity contribution in [3.63, 3.8) is 0 Å². The summed E-state index contributed by atoms with van der Waals surface area (Å²) in [6.07, 6.45) is 0. The highest BCUT2D eigenvalue weighted by atomic mass is 35.5. The van der Waals surface area contributed by atoms with Crippen molar-refractivity contribution in [2.24, 2.45) is 0 Å². The SMILES string of the molecule is COc1ccc(C(=O)Nc2ccc(-c3ccccc3)cc2)cc1NC(=O)CCl. The van der Waals surface area contributed by atoms with Crippen molar-refractivity contribution in [3.8, 4) is 16.9 Å². The Morgan fingerprint density at radius 1 is 0.893 bits per heavy atom. The zero-order chi connectivity index (χ0) is 19.9. The number of nitrogens with one attached hydrogen (secondary N) is 2. The number of carbonyl (C=O) groups excluding carboxylic acids is 2. The molecule has 2 N–H and O–H groups in total. The molecule has 0 heterocycles. The van der Waals surface area contributed by atoms with Crippen molar-refractivity contribution in [2.75, 3.05) is 23.6 Å². The largest absolute Gasteiger partial charge is 0.495 e. The van der Waals surface area contributed by atoms with E-state index in [1.54, 1.807) is 18.2 Å². The predicted octanol–water partition coefficient (Wildman–Crippen LogP) is 4.79. The third-order valence-corrected chi connectivity index (χ3v) is 4.35. The third kappa shape index (κ3) is 4.69. The Labute approximate surface area is 168 Å². The van der Waals surface area contributed by atoms with Crippen molar-refractivity contribution in [3.05, 3.63) is 78.4 Å². The molecule has 0 bridgehead atoms. The summed E-state index contributed by atoms with van der Waals surface area (Å²) in [6.45, 7) is 0. The first kappa shape index (κ1) is 19.5. The average molecular weight is 395 g/mol. The molecule has 0 saturated heterocycles. The van der Waals surface area contributed by atoms with Crippen LogP contribution in [0.2, 0.25) is 0 Å². The molecule has 0 radical (unpaired) electrons. The van der Waals surface area contributed by atoms with Gasteiger partial charge in [0.05, 0.1) is 12.8 Å². The molecule has 0 aliphatic heterocycles. The van der Waals surface area contributed by atoms with Gasteiger partial charge in [-0.15, -0.1) is 11.6 Å². The quantitative estimate of drug-likeness (QED) is 0.590. The second-order valence-corrected chi connectivity index (χ2v) is 6.26. The van der Waals surface area contributed by atoms with Crippen LogP contribution < -0.4 is 15.4 Å². The maximum atomic E-state index is 12.6. The van der Waals surface area contributed by atoms with Crippen LogP contribution in [0.25, 0.3) is 11.1 Å². The van der Waals surface area contributed by atoms with Crippen molar-refractivity contribution < 1.29 is 14.3 Å². The minimum Gasteiger partial charge on any atom is -0.495 e. The Morgan fingerprint density at radius 3 is 2.21 bits per heavy atom. The zero-order valence-corrected chi connectivity index (χ0v) is 16.0. The summed E-state index contributed by atoms with van der Waals surface area (Å²) in [5.41, 5.74) is 3.62. The van der Waals surface area contributed by atoms with E-state index < -0.39 is 0 Å². The summed E-state index contributed by atoms with van der Waals surface area (Å²) in [6, 6.07) is 22.4. The molecule has 3 rings (SSSR count). The highest BCUT2D eigenvalue weighted by Gasteiger charge is 2.12. The molecule has 142 valence electrons. The number of hydrogen-bond acceptors (Lipinski definition) is 3. The molecule has 3 aromatic rings. The fourth-order valence-electron chi connectivity index (χ4n) is 2.71. The highest BCUT2D eigenvalue weighted by molar-refractivity contribution is 6.29. The lowest BCUT2D eigenvalue weighted by Crippen LogP contribution is -2.16. The van der Waals surface area contributed by atoms with Crippen LogP contribution in [0.1, 0.15) is 10.4 Å². The second kappa shape index (κ2) is 9.06. The highest BCUT2D eigenvalue weighted by Crippen LogP contribution is 2.26. The Balaban J connectivity index is 1.75. The van der Waals surface area contributed by atoms with Crippen LogP contribution in [-0.2, 0) is 4.79 Å². The number of amides is 2. The van der Waals surface area contributed by atoms with Gasteiger partial charge in [0.15, 0.2) is 0 Å². The van der Waals surface area contributed by atoms with Crippen LogP contribution in [-0.4, -0.2) is 24.8 Å². The number of halogens is 1. The maximum absolute atomic E-state index is 12.6. The van der Waals surface area contributed by atoms with Gasteiger partial charge in [-0.1, -0.05) is 42.5 Å². The van der Waals surface area contributed by atoms with Gasteiger partial charge in [0.1, 0.15) is 11.6 Å². The standard InChI is InChI=1S/C22H19ClN2O3/c1-28-20-12-9-17(13-19(20)25-21(26)14-23)22(27)24-18-10-7-16(8-11-18)15-5-3-2-4-6-15/h2-13H,14H2,1H3,(H,24,27)(H,25,26). The number of carbonyl (C=O) groups is 2. The van der Waals surface area contributed by atoms with Crippen molar-refractivity contribution >= 4 is 34.8 Å². The first-order chi connectivity index (χ1) is 13.6. The normalized spacial score (nSPS) is 10.2. The maximum Gasteiger partial charge on any atom is 0.255 e. The fraction of sp³-hybridized carbons (Fsp3) is 0.0909. The second-order valence-electron chi connectivity index (χ2n) is 5.99. The fourth-order valence-corrected chi connectivity index (χ4v) is 2.78. The number of anilines is 2. The first-order valence-corrected chi connectivity index (χ1v) is 9.15. The van der Waals surface area contributed by atoms with E-state index in [1.807, 2.05) is 54.6 Å². The van der Waals surface area contributed by atoms with Crippen LogP contribution in [0, 0.1) is 0 Å². The number of benzene rings is 3. The molecule has 3 aromatic carbocycles. The van der Waals surface area contributed by atoms with E-state index in [1.165, 1.54) is 7.11 Å². The van der Waals surface area contributed by atoms with Gasteiger partial charge in [0, 0.05) is 11.3 Å². The summed E-state index contributed by atoms with van der Waals surface area (Å²) in [4.78, 5) is 24.2. The van der Waals surface area contributed by atoms with Crippen LogP contribution in [0.5, 0.6) is 5.75 Å². The van der Waals surface area contributed by atoms with Crippen molar-refractivity contribution in [1.82, 2.24) is 0 Å². The topological polar surface area (TPSA) is 67.4 Å². The molecule has 0 fully saturated rings. The summed E-state index contributed by atoms with van der Waals surface area (Å²) in [5.74, 6) is -0.416. The number of methoxy groups -OCH3 is 1. The minimum atomic E-state index is -0.381. The van der Waals surface area contributed by atoms with Gasteiger partial charge >= 0.3 is 0 Å². The van der Waals surface area contributed by atoms with Crippen LogP contribution in [0.15, 0.2) is 72.8 Å². The van der Waals surface area contributed by atoms with E-state index in [0.29, 0.717) is 22.7 Å². The Bertz CT molecular complexity index is 973. The van der Waals surface area contributed by atoms with E-state index >= 15 is 0 Å². The molecule has 0 aliphatic rings. The Morgan fingerprint density at radius 2 is 1.57 bits per heavy atom. The van der Waals surface area contributed by atoms with E-state index in [0.717, 1.165) is 11.1 Å². The van der Waals surface area contributed by atoms with E-state index in [2.05, 4.69) is 10.6 Å². The molecule has 0 saturated carbocycles. The predicted molar refractivity (Wildman–Crippen MR) is 112 cm³/mol. The lowest BCUT2D eigenvalue weighted by atomic mass is 10.1. The lowest BCUT2D eigenvalue weighted by Gasteiger charge is -2.12. The molecule has 0 aromatic heterocycles. The first-order valence-electron chi connectivity index (χ1n) is 8.61. The molecule has 6 heteroatoms. The zero-order valence-electron chi connectivity index (χ0n) is 15.2. The van der Waals surface area contributed by atoms with Crippen molar-refractivity contribution in [1.29, 1.82) is 0 Å². The molecular weight excluding hydrogens is 376 g/mol. The summed E-state index contributed by atoms with van der Waals surface area (Å²) < 4.78 is 5.21. The molecule has 5 nitrogen and oxygen atoms in total. The van der Waals surface area contributed by atoms with Gasteiger partial charge in [-0.05, 0) is 41.5 Å². The Kier molecular flexibility index (Phi) is 6.29. The van der Waals surface area contributed by atoms with Gasteiger partial charge in [-0.3, -0.25) is 9.59 Å². The van der Waals surface area contributed by atoms with E-state index in [-0.39, 0.29) is 17.7 Å². The average Bonchev–Trinajstić information content (AvgIpc) is 2.74. The third-order valence-electron chi connectivity index (χ3n) is 4.11. The van der Waals surface area contributed by atoms with E-state index in [9.17, 15) is 9.59 Å². The summed E-state index contributed by atoms with van der Waals surface area (Å²) in [5, 5.41) is 5.47. The van der Waals surface area contributed by atoms with Gasteiger partial charge < -0.3 is 15.4 Å². The van der Waals surface area contributed by atoms with Gasteiger partial charge in [0.2, 0.25) is 5.91 Å². The number of rotatable bonds is 6. The minimum absolute atomic E-state index is 0.187. The van der Waals surface area contributed by atoms with Crippen LogP contribution in [0.3, 0.4) is 0 Å². The van der Waals surface area contributed by atoms with Gasteiger partial charge in [-0.2, -0.15) is 0 Å². The van der Waals surface area contributed by atoms with Crippen molar-refractivity contribution in [2.45, 2.75) is 0 Å². The van der Waals surface area contributed by atoms with E-state index in [4.69, 9.17) is 16.3 Å². The van der Waals surface area contributed by atoms with Gasteiger partial charge in [0.25, 0.3) is 5.91 Å². The molecular formula is C22H19ClN2O3. The number of alkyl halides is 1.